The van der Waals surface area contributed by atoms with Gasteiger partial charge in [0.25, 0.3) is 5.91 Å². The van der Waals surface area contributed by atoms with Gasteiger partial charge in [0.05, 0.1) is 22.7 Å². The summed E-state index contributed by atoms with van der Waals surface area (Å²) < 4.78 is 38.6. The predicted molar refractivity (Wildman–Crippen MR) is 128 cm³/mol. The van der Waals surface area contributed by atoms with Crippen LogP contribution in [0.3, 0.4) is 0 Å². The number of nitrogens with zero attached hydrogens (tertiary/aromatic N) is 2. The maximum atomic E-state index is 13.3. The number of pyridine rings is 1. The number of esters is 1. The van der Waals surface area contributed by atoms with Crippen LogP contribution in [0.2, 0.25) is 10.0 Å². The van der Waals surface area contributed by atoms with Crippen LogP contribution < -0.4 is 10.1 Å². The summed E-state index contributed by atoms with van der Waals surface area (Å²) >= 11 is 11.8. The van der Waals surface area contributed by atoms with Crippen molar-refractivity contribution >= 4 is 50.9 Å². The number of carbonyl (C=O) groups is 2. The summed E-state index contributed by atoms with van der Waals surface area (Å²) in [6.07, 6.45) is 2.55. The van der Waals surface area contributed by atoms with Gasteiger partial charge in [0.1, 0.15) is 10.6 Å². The summed E-state index contributed by atoms with van der Waals surface area (Å²) in [6.45, 7) is 3.61. The Balaban J connectivity index is 1.79. The van der Waals surface area contributed by atoms with Gasteiger partial charge < -0.3 is 14.8 Å². The number of sulfonamides is 1. The molecule has 0 bridgehead atoms. The first-order valence-electron chi connectivity index (χ1n) is 10.6. The van der Waals surface area contributed by atoms with Crippen LogP contribution in [0.4, 0.5) is 5.82 Å². The van der Waals surface area contributed by atoms with Crippen molar-refractivity contribution in [3.05, 3.63) is 46.1 Å². The van der Waals surface area contributed by atoms with Crippen LogP contribution in [0, 0.1) is 0 Å². The average Bonchev–Trinajstić information content (AvgIpc) is 2.80. The number of hydrogen-bond donors (Lipinski definition) is 1. The first kappa shape index (κ1) is 26.2. The molecule has 0 unspecified atom stereocenters. The number of anilines is 1. The predicted octanol–water partition coefficient (Wildman–Crippen LogP) is 4.14. The second-order valence-electron chi connectivity index (χ2n) is 7.85. The van der Waals surface area contributed by atoms with Gasteiger partial charge in [-0.25, -0.2) is 18.2 Å². The molecule has 3 rings (SSSR count). The monoisotopic (exact) mass is 529 g/mol. The summed E-state index contributed by atoms with van der Waals surface area (Å²) in [5.74, 6) is -1.37. The number of benzene rings is 1. The van der Waals surface area contributed by atoms with Gasteiger partial charge >= 0.3 is 5.97 Å². The number of nitrogens with one attached hydrogen (secondary N) is 1. The Morgan fingerprint density at radius 3 is 2.62 bits per heavy atom. The van der Waals surface area contributed by atoms with Gasteiger partial charge in [-0.3, -0.25) is 4.79 Å². The van der Waals surface area contributed by atoms with E-state index in [2.05, 4.69) is 10.3 Å². The fourth-order valence-electron chi connectivity index (χ4n) is 3.57. The van der Waals surface area contributed by atoms with Crippen LogP contribution in [0.5, 0.6) is 5.75 Å². The molecule has 1 fully saturated rings. The minimum Gasteiger partial charge on any atom is -0.495 e. The lowest BCUT2D eigenvalue weighted by molar-refractivity contribution is -0.123. The van der Waals surface area contributed by atoms with E-state index in [1.165, 1.54) is 48.8 Å². The van der Waals surface area contributed by atoms with Crippen molar-refractivity contribution in [3.63, 3.8) is 0 Å². The molecular weight excluding hydrogens is 505 g/mol. The van der Waals surface area contributed by atoms with E-state index in [0.717, 1.165) is 19.3 Å². The normalized spacial score (nSPS) is 17.6. The van der Waals surface area contributed by atoms with E-state index in [0.29, 0.717) is 11.6 Å². The van der Waals surface area contributed by atoms with Crippen LogP contribution in [0.25, 0.3) is 0 Å². The van der Waals surface area contributed by atoms with Gasteiger partial charge in [0, 0.05) is 18.8 Å². The molecule has 184 valence electrons. The molecule has 2 aromatic rings. The highest BCUT2D eigenvalue weighted by Gasteiger charge is 2.34. The smallest absolute Gasteiger partial charge is 0.338 e. The Hall–Kier alpha value is -2.40. The zero-order chi connectivity index (χ0) is 25.0. The minimum absolute atomic E-state index is 0.0358. The molecule has 0 saturated carbocycles. The number of hydrogen-bond acceptors (Lipinski definition) is 7. The summed E-state index contributed by atoms with van der Waals surface area (Å²) in [5, 5.41) is 2.87. The second-order valence-corrected chi connectivity index (χ2v) is 10.5. The standard InChI is InChI=1S/C22H25Cl2N3O6S/c1-13-6-4-5-9-27(13)34(30,31)19-10-15(7-8-18(19)32-3)22(29)33-14(2)21(28)26-20-17(24)11-16(23)12-25-20/h7-8,10-14H,4-6,9H2,1-3H3,(H,25,26,28)/t13-,14-/m1/s1. The zero-order valence-electron chi connectivity index (χ0n) is 18.9. The highest BCUT2D eigenvalue weighted by Crippen LogP contribution is 2.32. The largest absolute Gasteiger partial charge is 0.495 e. The Bertz CT molecular complexity index is 1190. The Morgan fingerprint density at radius 1 is 1.24 bits per heavy atom. The van der Waals surface area contributed by atoms with Gasteiger partial charge in [-0.1, -0.05) is 29.6 Å². The molecule has 0 radical (unpaired) electrons. The van der Waals surface area contributed by atoms with Crippen molar-refractivity contribution < 1.29 is 27.5 Å². The number of aromatic nitrogens is 1. The minimum atomic E-state index is -3.92. The molecule has 1 aliphatic rings. The Labute approximate surface area is 208 Å². The quantitative estimate of drug-likeness (QED) is 0.535. The first-order valence-corrected chi connectivity index (χ1v) is 12.8. The van der Waals surface area contributed by atoms with Gasteiger partial charge in [-0.05, 0) is 51.0 Å². The fraction of sp³-hybridized carbons (Fsp3) is 0.409. The molecule has 1 aromatic heterocycles. The molecule has 2 heterocycles. The van der Waals surface area contributed by atoms with Crippen molar-refractivity contribution in [1.82, 2.24) is 9.29 Å². The van der Waals surface area contributed by atoms with E-state index in [-0.39, 0.29) is 33.1 Å². The van der Waals surface area contributed by atoms with E-state index in [4.69, 9.17) is 32.7 Å². The van der Waals surface area contributed by atoms with Crippen LogP contribution in [0.15, 0.2) is 35.4 Å². The van der Waals surface area contributed by atoms with Crippen molar-refractivity contribution in [1.29, 1.82) is 0 Å². The van der Waals surface area contributed by atoms with Crippen molar-refractivity contribution in [2.24, 2.45) is 0 Å². The first-order chi connectivity index (χ1) is 16.0. The van der Waals surface area contributed by atoms with E-state index < -0.39 is 28.0 Å². The molecular formula is C22H25Cl2N3O6S. The number of ether oxygens (including phenoxy) is 2. The van der Waals surface area contributed by atoms with E-state index in [1.807, 2.05) is 6.92 Å². The third-order valence-corrected chi connectivity index (χ3v) is 7.96. The van der Waals surface area contributed by atoms with Crippen LogP contribution >= 0.6 is 23.2 Å². The topological polar surface area (TPSA) is 115 Å². The maximum absolute atomic E-state index is 13.3. The molecule has 0 spiro atoms. The summed E-state index contributed by atoms with van der Waals surface area (Å²) in [7, 11) is -2.56. The molecule has 1 N–H and O–H groups in total. The summed E-state index contributed by atoms with van der Waals surface area (Å²) in [5.41, 5.74) is -0.0358. The molecule has 34 heavy (non-hydrogen) atoms. The number of halogens is 2. The van der Waals surface area contributed by atoms with E-state index in [9.17, 15) is 18.0 Å². The number of amides is 1. The van der Waals surface area contributed by atoms with E-state index >= 15 is 0 Å². The van der Waals surface area contributed by atoms with Crippen molar-refractivity contribution in [3.8, 4) is 5.75 Å². The van der Waals surface area contributed by atoms with Crippen molar-refractivity contribution in [2.45, 2.75) is 50.2 Å². The van der Waals surface area contributed by atoms with E-state index in [1.54, 1.807) is 0 Å². The van der Waals surface area contributed by atoms with Crippen LogP contribution in [-0.2, 0) is 19.6 Å². The number of rotatable bonds is 7. The molecule has 2 atom stereocenters. The molecule has 1 aromatic carbocycles. The lowest BCUT2D eigenvalue weighted by atomic mass is 10.1. The van der Waals surface area contributed by atoms with Gasteiger partial charge in [-0.15, -0.1) is 0 Å². The molecule has 9 nitrogen and oxygen atoms in total. The lowest BCUT2D eigenvalue weighted by Gasteiger charge is -2.32. The molecule has 1 saturated heterocycles. The average molecular weight is 530 g/mol. The Kier molecular flexibility index (Phi) is 8.40. The fourth-order valence-corrected chi connectivity index (χ4v) is 5.88. The van der Waals surface area contributed by atoms with Crippen LogP contribution in [0.1, 0.15) is 43.5 Å². The number of carbonyl (C=O) groups excluding carboxylic acids is 2. The van der Waals surface area contributed by atoms with Gasteiger partial charge in [-0.2, -0.15) is 4.31 Å². The molecule has 12 heteroatoms. The molecule has 0 aliphatic carbocycles. The number of piperidine rings is 1. The molecule has 1 amide bonds. The maximum Gasteiger partial charge on any atom is 0.338 e. The summed E-state index contributed by atoms with van der Waals surface area (Å²) in [6, 6.07) is 5.21. The SMILES string of the molecule is COc1ccc(C(=O)O[C@H](C)C(=O)Nc2ncc(Cl)cc2Cl)cc1S(=O)(=O)N1CCCC[C@H]1C. The third kappa shape index (κ3) is 5.80. The Morgan fingerprint density at radius 2 is 1.97 bits per heavy atom. The lowest BCUT2D eigenvalue weighted by Crippen LogP contribution is -2.42. The highest BCUT2D eigenvalue weighted by atomic mass is 35.5. The molecule has 1 aliphatic heterocycles. The zero-order valence-corrected chi connectivity index (χ0v) is 21.2. The summed E-state index contributed by atoms with van der Waals surface area (Å²) in [4.78, 5) is 29.0. The van der Waals surface area contributed by atoms with Crippen LogP contribution in [-0.4, -0.2) is 55.4 Å². The van der Waals surface area contributed by atoms with Gasteiger partial charge in [0.15, 0.2) is 11.9 Å². The highest BCUT2D eigenvalue weighted by molar-refractivity contribution is 7.89. The van der Waals surface area contributed by atoms with Crippen molar-refractivity contribution in [2.75, 3.05) is 19.0 Å². The third-order valence-electron chi connectivity index (χ3n) is 5.43. The second kappa shape index (κ2) is 10.9. The van der Waals surface area contributed by atoms with Gasteiger partial charge in [0.2, 0.25) is 10.0 Å². The number of methoxy groups -OCH3 is 1.